The molecule has 7 heteroatoms. The number of nitrogens with zero attached hydrogens (tertiary/aromatic N) is 4. The van der Waals surface area contributed by atoms with Crippen molar-refractivity contribution in [2.45, 2.75) is 18.9 Å². The maximum Gasteiger partial charge on any atom is 0.227 e. The van der Waals surface area contributed by atoms with Gasteiger partial charge in [0.15, 0.2) is 0 Å². The van der Waals surface area contributed by atoms with Gasteiger partial charge in [-0.2, -0.15) is 4.98 Å². The largest absolute Gasteiger partial charge is 0.340 e. The van der Waals surface area contributed by atoms with E-state index in [9.17, 15) is 9.18 Å². The summed E-state index contributed by atoms with van der Waals surface area (Å²) in [5.74, 6) is 0.572. The van der Waals surface area contributed by atoms with Crippen LogP contribution in [0.15, 0.2) is 89.5 Å². The van der Waals surface area contributed by atoms with Crippen LogP contribution in [-0.4, -0.2) is 52.0 Å². The van der Waals surface area contributed by atoms with E-state index in [1.807, 2.05) is 17.0 Å². The van der Waals surface area contributed by atoms with Gasteiger partial charge in [0.25, 0.3) is 0 Å². The standard InChI is InChI=1S/C28H27FN4O2/c29-24-13-11-23(12-14-24)28-30-25(35-31-28)15-16-26(34)32-17-19-33(20-18-32)27(21-7-3-1-4-8-21)22-9-5-2-6-10-22/h1-14,27H,15-20H2. The molecule has 0 radical (unpaired) electrons. The first-order valence-corrected chi connectivity index (χ1v) is 11.9. The van der Waals surface area contributed by atoms with E-state index in [0.717, 1.165) is 13.1 Å². The number of hydrogen-bond donors (Lipinski definition) is 0. The normalized spacial score (nSPS) is 14.4. The lowest BCUT2D eigenvalue weighted by Gasteiger charge is -2.39. The molecule has 0 N–H and O–H groups in total. The Hall–Kier alpha value is -3.84. The summed E-state index contributed by atoms with van der Waals surface area (Å²) < 4.78 is 18.4. The highest BCUT2D eigenvalue weighted by atomic mass is 19.1. The van der Waals surface area contributed by atoms with Crippen molar-refractivity contribution in [1.82, 2.24) is 19.9 Å². The highest BCUT2D eigenvalue weighted by Crippen LogP contribution is 2.29. The molecule has 2 heterocycles. The third-order valence-corrected chi connectivity index (χ3v) is 6.39. The number of benzene rings is 3. The van der Waals surface area contributed by atoms with Crippen LogP contribution in [0.2, 0.25) is 0 Å². The average Bonchev–Trinajstić information content (AvgIpc) is 3.39. The topological polar surface area (TPSA) is 62.5 Å². The zero-order valence-electron chi connectivity index (χ0n) is 19.4. The molecular weight excluding hydrogens is 443 g/mol. The first-order valence-electron chi connectivity index (χ1n) is 11.9. The van der Waals surface area contributed by atoms with Gasteiger partial charge in [-0.25, -0.2) is 4.39 Å². The van der Waals surface area contributed by atoms with Crippen molar-refractivity contribution in [1.29, 1.82) is 0 Å². The van der Waals surface area contributed by atoms with Gasteiger partial charge in [0.2, 0.25) is 17.6 Å². The van der Waals surface area contributed by atoms with Crippen LogP contribution in [0, 0.1) is 5.82 Å². The van der Waals surface area contributed by atoms with Gasteiger partial charge in [0.1, 0.15) is 5.82 Å². The van der Waals surface area contributed by atoms with E-state index in [0.29, 0.717) is 43.2 Å². The van der Waals surface area contributed by atoms with Gasteiger partial charge >= 0.3 is 0 Å². The third kappa shape index (κ3) is 5.46. The maximum absolute atomic E-state index is 13.1. The molecule has 4 aromatic rings. The quantitative estimate of drug-likeness (QED) is 0.390. The molecule has 178 valence electrons. The Balaban J connectivity index is 1.18. The second-order valence-corrected chi connectivity index (χ2v) is 8.66. The van der Waals surface area contributed by atoms with Gasteiger partial charge in [-0.05, 0) is 35.4 Å². The van der Waals surface area contributed by atoms with E-state index in [2.05, 4.69) is 63.6 Å². The predicted molar refractivity (Wildman–Crippen MR) is 131 cm³/mol. The molecule has 5 rings (SSSR count). The molecule has 0 bridgehead atoms. The van der Waals surface area contributed by atoms with Crippen molar-refractivity contribution < 1.29 is 13.7 Å². The Morgan fingerprint density at radius 2 is 1.46 bits per heavy atom. The van der Waals surface area contributed by atoms with Crippen molar-refractivity contribution >= 4 is 5.91 Å². The molecule has 0 atom stereocenters. The van der Waals surface area contributed by atoms with Gasteiger partial charge in [-0.15, -0.1) is 0 Å². The molecule has 35 heavy (non-hydrogen) atoms. The van der Waals surface area contributed by atoms with Crippen LogP contribution in [0.1, 0.15) is 29.5 Å². The monoisotopic (exact) mass is 470 g/mol. The minimum Gasteiger partial charge on any atom is -0.340 e. The number of rotatable bonds is 7. The number of amides is 1. The van der Waals surface area contributed by atoms with Crippen molar-refractivity contribution in [3.8, 4) is 11.4 Å². The highest BCUT2D eigenvalue weighted by Gasteiger charge is 2.28. The zero-order chi connectivity index (χ0) is 24.0. The van der Waals surface area contributed by atoms with Crippen LogP contribution in [-0.2, 0) is 11.2 Å². The van der Waals surface area contributed by atoms with Crippen LogP contribution in [0.25, 0.3) is 11.4 Å². The number of aromatic nitrogens is 2. The number of carbonyl (C=O) groups is 1. The molecule has 1 saturated heterocycles. The summed E-state index contributed by atoms with van der Waals surface area (Å²) in [7, 11) is 0. The SMILES string of the molecule is O=C(CCc1nc(-c2ccc(F)cc2)no1)N1CCN(C(c2ccccc2)c2ccccc2)CC1. The molecule has 1 aliphatic rings. The molecule has 1 aromatic heterocycles. The van der Waals surface area contributed by atoms with Gasteiger partial charge in [0, 0.05) is 44.6 Å². The summed E-state index contributed by atoms with van der Waals surface area (Å²) in [4.78, 5) is 21.6. The second-order valence-electron chi connectivity index (χ2n) is 8.66. The summed E-state index contributed by atoms with van der Waals surface area (Å²) in [6.07, 6.45) is 0.690. The van der Waals surface area contributed by atoms with E-state index < -0.39 is 0 Å². The van der Waals surface area contributed by atoms with Crippen LogP contribution < -0.4 is 0 Å². The lowest BCUT2D eigenvalue weighted by Crippen LogP contribution is -2.49. The number of hydrogen-bond acceptors (Lipinski definition) is 5. The first-order chi connectivity index (χ1) is 17.2. The lowest BCUT2D eigenvalue weighted by molar-refractivity contribution is -0.133. The van der Waals surface area contributed by atoms with Gasteiger partial charge < -0.3 is 9.42 Å². The molecule has 0 unspecified atom stereocenters. The van der Waals surface area contributed by atoms with E-state index in [1.54, 1.807) is 12.1 Å². The van der Waals surface area contributed by atoms with Gasteiger partial charge in [-0.3, -0.25) is 9.69 Å². The van der Waals surface area contributed by atoms with Crippen molar-refractivity contribution in [3.63, 3.8) is 0 Å². The molecular formula is C28H27FN4O2. The molecule has 0 aliphatic carbocycles. The van der Waals surface area contributed by atoms with E-state index >= 15 is 0 Å². The number of carbonyl (C=O) groups excluding carboxylic acids is 1. The number of aryl methyl sites for hydroxylation is 1. The summed E-state index contributed by atoms with van der Waals surface area (Å²) >= 11 is 0. The summed E-state index contributed by atoms with van der Waals surface area (Å²) in [5.41, 5.74) is 3.19. The smallest absolute Gasteiger partial charge is 0.227 e. The Labute approximate surface area is 204 Å². The van der Waals surface area contributed by atoms with E-state index in [1.165, 1.54) is 23.3 Å². The Bertz CT molecular complexity index is 1200. The van der Waals surface area contributed by atoms with E-state index in [-0.39, 0.29) is 17.8 Å². The Kier molecular flexibility index (Phi) is 6.95. The summed E-state index contributed by atoms with van der Waals surface area (Å²) in [6.45, 7) is 2.96. The average molecular weight is 471 g/mol. The minimum absolute atomic E-state index is 0.0853. The molecule has 6 nitrogen and oxygen atoms in total. The van der Waals surface area contributed by atoms with E-state index in [4.69, 9.17) is 4.52 Å². The molecule has 0 spiro atoms. The second kappa shape index (κ2) is 10.6. The molecule has 1 aliphatic heterocycles. The molecule has 3 aromatic carbocycles. The molecule has 0 saturated carbocycles. The first kappa shape index (κ1) is 22.9. The molecule has 1 fully saturated rings. The van der Waals surface area contributed by atoms with Crippen molar-refractivity contribution in [2.24, 2.45) is 0 Å². The lowest BCUT2D eigenvalue weighted by atomic mass is 9.96. The third-order valence-electron chi connectivity index (χ3n) is 6.39. The summed E-state index contributed by atoms with van der Waals surface area (Å²) in [6, 6.07) is 27.1. The fraction of sp³-hybridized carbons (Fsp3) is 0.250. The predicted octanol–water partition coefficient (Wildman–Crippen LogP) is 4.74. The fourth-order valence-electron chi connectivity index (χ4n) is 4.56. The van der Waals surface area contributed by atoms with Crippen LogP contribution in [0.4, 0.5) is 4.39 Å². The Morgan fingerprint density at radius 1 is 0.857 bits per heavy atom. The fourth-order valence-corrected chi connectivity index (χ4v) is 4.56. The number of piperazine rings is 1. The van der Waals surface area contributed by atoms with Crippen LogP contribution in [0.5, 0.6) is 0 Å². The maximum atomic E-state index is 13.1. The molecule has 1 amide bonds. The highest BCUT2D eigenvalue weighted by molar-refractivity contribution is 5.76. The summed E-state index contributed by atoms with van der Waals surface area (Å²) in [5, 5.41) is 3.95. The minimum atomic E-state index is -0.318. The number of halogens is 1. The van der Waals surface area contributed by atoms with Crippen molar-refractivity contribution in [2.75, 3.05) is 26.2 Å². The zero-order valence-corrected chi connectivity index (χ0v) is 19.4. The van der Waals surface area contributed by atoms with Crippen molar-refractivity contribution in [3.05, 3.63) is 108 Å². The van der Waals surface area contributed by atoms with Gasteiger partial charge in [-0.1, -0.05) is 65.8 Å². The van der Waals surface area contributed by atoms with Crippen LogP contribution >= 0.6 is 0 Å². The van der Waals surface area contributed by atoms with Gasteiger partial charge in [0.05, 0.1) is 6.04 Å². The Morgan fingerprint density at radius 3 is 2.06 bits per heavy atom. The van der Waals surface area contributed by atoms with Crippen LogP contribution in [0.3, 0.4) is 0 Å².